The van der Waals surface area contributed by atoms with Crippen molar-refractivity contribution >= 4 is 16.6 Å². The fraction of sp³-hybridized carbons (Fsp3) is 0.267. The summed E-state index contributed by atoms with van der Waals surface area (Å²) >= 11 is 0. The van der Waals surface area contributed by atoms with Crippen LogP contribution in [-0.4, -0.2) is 5.78 Å². The van der Waals surface area contributed by atoms with E-state index < -0.39 is 0 Å². The maximum atomic E-state index is 11.2. The smallest absolute Gasteiger partial charge is 0.134 e. The number of aryl methyl sites for hydroxylation is 1. The van der Waals surface area contributed by atoms with Gasteiger partial charge in [0.1, 0.15) is 5.78 Å². The lowest BCUT2D eigenvalue weighted by Gasteiger charge is -2.08. The van der Waals surface area contributed by atoms with Crippen molar-refractivity contribution in [2.45, 2.75) is 26.7 Å². The van der Waals surface area contributed by atoms with Gasteiger partial charge in [0.15, 0.2) is 0 Å². The Morgan fingerprint density at radius 3 is 2.12 bits per heavy atom. The average Bonchev–Trinajstić information content (AvgIpc) is 2.27. The number of benzene rings is 2. The number of ketones is 1. The molecule has 2 rings (SSSR count). The zero-order valence-corrected chi connectivity index (χ0v) is 9.79. The molecule has 0 N–H and O–H groups in total. The highest BCUT2D eigenvalue weighted by atomic mass is 16.1. The van der Waals surface area contributed by atoms with E-state index in [9.17, 15) is 4.79 Å². The van der Waals surface area contributed by atoms with Crippen molar-refractivity contribution in [3.63, 3.8) is 0 Å². The molecule has 0 heterocycles. The summed E-state index contributed by atoms with van der Waals surface area (Å²) in [5, 5.41) is 2.47. The third kappa shape index (κ3) is 2.13. The minimum Gasteiger partial charge on any atom is -0.300 e. The Morgan fingerprint density at radius 1 is 1.06 bits per heavy atom. The Kier molecular flexibility index (Phi) is 3.04. The SMILES string of the molecule is CCc1cc2ccccc2cc1CC(C)=O. The lowest BCUT2D eigenvalue weighted by Crippen LogP contribution is -2.00. The molecule has 0 atom stereocenters. The van der Waals surface area contributed by atoms with Gasteiger partial charge in [-0.1, -0.05) is 43.3 Å². The van der Waals surface area contributed by atoms with E-state index in [1.54, 1.807) is 6.92 Å². The topological polar surface area (TPSA) is 17.1 Å². The molecule has 0 aliphatic carbocycles. The standard InChI is InChI=1S/C15H16O/c1-3-12-9-13-6-4-5-7-14(13)10-15(12)8-11(2)16/h4-7,9-10H,3,8H2,1-2H3. The Balaban J connectivity index is 2.58. The average molecular weight is 212 g/mol. The number of carbonyl (C=O) groups is 1. The molecule has 2 aromatic carbocycles. The van der Waals surface area contributed by atoms with E-state index in [1.807, 2.05) is 12.1 Å². The van der Waals surface area contributed by atoms with Crippen molar-refractivity contribution in [2.75, 3.05) is 0 Å². The fourth-order valence-corrected chi connectivity index (χ4v) is 2.10. The number of hydrogen-bond donors (Lipinski definition) is 0. The van der Waals surface area contributed by atoms with Crippen LogP contribution in [0.5, 0.6) is 0 Å². The third-order valence-electron chi connectivity index (χ3n) is 2.89. The third-order valence-corrected chi connectivity index (χ3v) is 2.89. The molecule has 0 aromatic heterocycles. The summed E-state index contributed by atoms with van der Waals surface area (Å²) in [5.41, 5.74) is 2.46. The minimum absolute atomic E-state index is 0.227. The molecule has 0 bridgehead atoms. The molecule has 0 radical (unpaired) electrons. The van der Waals surface area contributed by atoms with Gasteiger partial charge in [-0.2, -0.15) is 0 Å². The van der Waals surface area contributed by atoms with Gasteiger partial charge in [0.05, 0.1) is 0 Å². The number of Topliss-reactive ketones (excluding diaryl/α,β-unsaturated/α-hetero) is 1. The van der Waals surface area contributed by atoms with Gasteiger partial charge in [-0.25, -0.2) is 0 Å². The molecule has 0 saturated carbocycles. The molecular weight excluding hydrogens is 196 g/mol. The van der Waals surface area contributed by atoms with Crippen LogP contribution in [-0.2, 0) is 17.6 Å². The predicted molar refractivity (Wildman–Crippen MR) is 67.7 cm³/mol. The molecule has 0 fully saturated rings. The Bertz CT molecular complexity index is 526. The maximum absolute atomic E-state index is 11.2. The van der Waals surface area contributed by atoms with E-state index in [-0.39, 0.29) is 5.78 Å². The second-order valence-corrected chi connectivity index (χ2v) is 4.20. The van der Waals surface area contributed by atoms with E-state index >= 15 is 0 Å². The van der Waals surface area contributed by atoms with Crippen molar-refractivity contribution in [1.82, 2.24) is 0 Å². The van der Waals surface area contributed by atoms with Crippen molar-refractivity contribution < 1.29 is 4.79 Å². The van der Waals surface area contributed by atoms with Gasteiger partial charge in [-0.05, 0) is 35.2 Å². The van der Waals surface area contributed by atoms with Crippen LogP contribution in [0.25, 0.3) is 10.8 Å². The van der Waals surface area contributed by atoms with Crippen LogP contribution >= 0.6 is 0 Å². The molecule has 82 valence electrons. The lowest BCUT2D eigenvalue weighted by molar-refractivity contribution is -0.116. The highest BCUT2D eigenvalue weighted by Gasteiger charge is 2.05. The summed E-state index contributed by atoms with van der Waals surface area (Å²) < 4.78 is 0. The number of fused-ring (bicyclic) bond motifs is 1. The van der Waals surface area contributed by atoms with Crippen LogP contribution < -0.4 is 0 Å². The van der Waals surface area contributed by atoms with Crippen LogP contribution in [0.2, 0.25) is 0 Å². The highest BCUT2D eigenvalue weighted by Crippen LogP contribution is 2.21. The summed E-state index contributed by atoms with van der Waals surface area (Å²) in [7, 11) is 0. The lowest BCUT2D eigenvalue weighted by atomic mass is 9.96. The Morgan fingerprint density at radius 2 is 1.62 bits per heavy atom. The Hall–Kier alpha value is -1.63. The molecular formula is C15H16O. The summed E-state index contributed by atoms with van der Waals surface area (Å²) in [6.07, 6.45) is 1.53. The van der Waals surface area contributed by atoms with Crippen molar-refractivity contribution in [3.05, 3.63) is 47.5 Å². The second-order valence-electron chi connectivity index (χ2n) is 4.20. The number of hydrogen-bond acceptors (Lipinski definition) is 1. The van der Waals surface area contributed by atoms with Gasteiger partial charge >= 0.3 is 0 Å². The van der Waals surface area contributed by atoms with Crippen LogP contribution in [0.3, 0.4) is 0 Å². The van der Waals surface area contributed by atoms with Crippen LogP contribution in [0.4, 0.5) is 0 Å². The highest BCUT2D eigenvalue weighted by molar-refractivity contribution is 5.86. The predicted octanol–water partition coefficient (Wildman–Crippen LogP) is 3.53. The van der Waals surface area contributed by atoms with E-state index in [1.165, 1.54) is 21.9 Å². The van der Waals surface area contributed by atoms with E-state index in [2.05, 4.69) is 31.2 Å². The van der Waals surface area contributed by atoms with Gasteiger partial charge in [-0.15, -0.1) is 0 Å². The van der Waals surface area contributed by atoms with E-state index in [0.29, 0.717) is 6.42 Å². The Labute approximate surface area is 96.1 Å². The zero-order valence-electron chi connectivity index (χ0n) is 9.79. The second kappa shape index (κ2) is 4.48. The molecule has 0 spiro atoms. The summed E-state index contributed by atoms with van der Waals surface area (Å²) in [6, 6.07) is 12.6. The maximum Gasteiger partial charge on any atom is 0.134 e. The van der Waals surface area contributed by atoms with E-state index in [4.69, 9.17) is 0 Å². The van der Waals surface area contributed by atoms with E-state index in [0.717, 1.165) is 6.42 Å². The molecule has 0 amide bonds. The first-order valence-electron chi connectivity index (χ1n) is 5.70. The molecule has 1 heteroatoms. The van der Waals surface area contributed by atoms with Gasteiger partial charge in [0.2, 0.25) is 0 Å². The van der Waals surface area contributed by atoms with Gasteiger partial charge in [0, 0.05) is 6.42 Å². The van der Waals surface area contributed by atoms with Crippen LogP contribution in [0.1, 0.15) is 25.0 Å². The quantitative estimate of drug-likeness (QED) is 0.760. The summed E-state index contributed by atoms with van der Waals surface area (Å²) in [5.74, 6) is 0.227. The van der Waals surface area contributed by atoms with Crippen molar-refractivity contribution in [3.8, 4) is 0 Å². The van der Waals surface area contributed by atoms with Gasteiger partial charge in [-0.3, -0.25) is 4.79 Å². The monoisotopic (exact) mass is 212 g/mol. The largest absolute Gasteiger partial charge is 0.300 e. The molecule has 0 aliphatic heterocycles. The molecule has 0 saturated heterocycles. The molecule has 0 aliphatic rings. The molecule has 2 aromatic rings. The first-order chi connectivity index (χ1) is 7.70. The minimum atomic E-state index is 0.227. The summed E-state index contributed by atoms with van der Waals surface area (Å²) in [4.78, 5) is 11.2. The van der Waals surface area contributed by atoms with Crippen molar-refractivity contribution in [2.24, 2.45) is 0 Å². The normalized spacial score (nSPS) is 10.6. The molecule has 1 nitrogen and oxygen atoms in total. The first-order valence-corrected chi connectivity index (χ1v) is 5.70. The molecule has 16 heavy (non-hydrogen) atoms. The van der Waals surface area contributed by atoms with Gasteiger partial charge < -0.3 is 0 Å². The van der Waals surface area contributed by atoms with Crippen molar-refractivity contribution in [1.29, 1.82) is 0 Å². The zero-order chi connectivity index (χ0) is 11.5. The number of rotatable bonds is 3. The van der Waals surface area contributed by atoms with Crippen LogP contribution in [0, 0.1) is 0 Å². The summed E-state index contributed by atoms with van der Waals surface area (Å²) in [6.45, 7) is 3.78. The first kappa shape index (κ1) is 10.9. The molecule has 0 unspecified atom stereocenters. The fourth-order valence-electron chi connectivity index (χ4n) is 2.10. The number of carbonyl (C=O) groups excluding carboxylic acids is 1. The van der Waals surface area contributed by atoms with Crippen LogP contribution in [0.15, 0.2) is 36.4 Å². The van der Waals surface area contributed by atoms with Gasteiger partial charge in [0.25, 0.3) is 0 Å².